The quantitative estimate of drug-likeness (QED) is 0.680. The van der Waals surface area contributed by atoms with Gasteiger partial charge in [-0.05, 0) is 0 Å². The van der Waals surface area contributed by atoms with Crippen molar-refractivity contribution in [2.45, 2.75) is 4.90 Å². The summed E-state index contributed by atoms with van der Waals surface area (Å²) in [5.74, 6) is 0. The summed E-state index contributed by atoms with van der Waals surface area (Å²) in [5, 5.41) is 0. The van der Waals surface area contributed by atoms with Gasteiger partial charge in [-0.25, -0.2) is 0 Å². The molecule has 0 heterocycles. The second-order valence-corrected chi connectivity index (χ2v) is 5.57. The fourth-order valence-electron chi connectivity index (χ4n) is 1.12. The first-order valence-electron chi connectivity index (χ1n) is 4.47. The van der Waals surface area contributed by atoms with Gasteiger partial charge in [-0.2, -0.15) is 0 Å². The van der Waals surface area contributed by atoms with Crippen LogP contribution in [0.15, 0.2) is 29.2 Å². The van der Waals surface area contributed by atoms with Gasteiger partial charge in [-0.3, -0.25) is 0 Å². The van der Waals surface area contributed by atoms with Crippen molar-refractivity contribution >= 4 is 33.2 Å². The van der Waals surface area contributed by atoms with Crippen LogP contribution in [-0.2, 0) is 9.84 Å². The number of sulfone groups is 1. The first-order chi connectivity index (χ1) is 6.47. The molecule has 0 saturated heterocycles. The van der Waals surface area contributed by atoms with E-state index in [1.807, 2.05) is 31.1 Å². The molecule has 5 heteroatoms. The van der Waals surface area contributed by atoms with E-state index in [0.717, 1.165) is 5.69 Å². The average molecular weight is 205 g/mol. The Labute approximate surface area is 94.2 Å². The maximum atomic E-state index is 11.5. The second-order valence-electron chi connectivity index (χ2n) is 3.29. The molecule has 3 nitrogen and oxygen atoms in total. The molecule has 0 radical (unpaired) electrons. The normalized spacial score (nSPS) is 11.4. The average Bonchev–Trinajstić information content (AvgIpc) is 2.18. The van der Waals surface area contributed by atoms with Gasteiger partial charge in [0.25, 0.3) is 0 Å². The Bertz CT molecular complexity index is 397. The molecule has 0 aliphatic carbocycles. The zero-order chi connectivity index (χ0) is 10.8. The molecular formula is C9H12LiNO2S. The Morgan fingerprint density at radius 1 is 1.21 bits per heavy atom. The number of nitrogens with zero attached hydrogens (tertiary/aromatic N) is 1. The Balaban J connectivity index is 3.06. The SMILES string of the molecule is [Li][CH2]S(=O)(=O)c1ccc(N(C)C)cc1. The van der Waals surface area contributed by atoms with Gasteiger partial charge < -0.3 is 0 Å². The van der Waals surface area contributed by atoms with Gasteiger partial charge in [0.2, 0.25) is 0 Å². The van der Waals surface area contributed by atoms with Crippen LogP contribution < -0.4 is 4.90 Å². The van der Waals surface area contributed by atoms with Crippen molar-refractivity contribution in [3.63, 3.8) is 0 Å². The summed E-state index contributed by atoms with van der Waals surface area (Å²) in [6, 6.07) is 6.91. The second kappa shape index (κ2) is 4.39. The number of rotatable bonds is 3. The van der Waals surface area contributed by atoms with Gasteiger partial charge in [0.05, 0.1) is 0 Å². The van der Waals surface area contributed by atoms with Gasteiger partial charge in [0, 0.05) is 0 Å². The van der Waals surface area contributed by atoms with Crippen LogP contribution in [0.5, 0.6) is 0 Å². The van der Waals surface area contributed by atoms with Gasteiger partial charge in [-0.1, -0.05) is 0 Å². The third-order valence-corrected chi connectivity index (χ3v) is 3.84. The third-order valence-electron chi connectivity index (χ3n) is 2.09. The first-order valence-corrected chi connectivity index (χ1v) is 6.12. The van der Waals surface area contributed by atoms with Crippen LogP contribution >= 0.6 is 0 Å². The zero-order valence-corrected chi connectivity index (χ0v) is 9.50. The topological polar surface area (TPSA) is 37.4 Å². The molecule has 1 rings (SSSR count). The van der Waals surface area contributed by atoms with E-state index in [1.54, 1.807) is 29.8 Å². The van der Waals surface area contributed by atoms with E-state index < -0.39 is 9.84 Å². The van der Waals surface area contributed by atoms with Crippen molar-refractivity contribution in [2.75, 3.05) is 23.4 Å². The van der Waals surface area contributed by atoms with E-state index in [-0.39, 0.29) is 4.43 Å². The molecule has 14 heavy (non-hydrogen) atoms. The fraction of sp³-hybridized carbons (Fsp3) is 0.333. The zero-order valence-electron chi connectivity index (χ0n) is 8.69. The van der Waals surface area contributed by atoms with Gasteiger partial charge >= 0.3 is 94.2 Å². The van der Waals surface area contributed by atoms with Crippen LogP contribution in [0.1, 0.15) is 0 Å². The van der Waals surface area contributed by atoms with Crippen molar-refractivity contribution in [2.24, 2.45) is 0 Å². The van der Waals surface area contributed by atoms with Crippen LogP contribution in [0.4, 0.5) is 5.69 Å². The van der Waals surface area contributed by atoms with Gasteiger partial charge in [-0.15, -0.1) is 0 Å². The Hall–Kier alpha value is -0.433. The van der Waals surface area contributed by atoms with Crippen molar-refractivity contribution in [3.8, 4) is 0 Å². The van der Waals surface area contributed by atoms with Crippen molar-refractivity contribution < 1.29 is 8.42 Å². The maximum absolute atomic E-state index is 11.5. The third kappa shape index (κ3) is 2.54. The summed E-state index contributed by atoms with van der Waals surface area (Å²) in [7, 11) is 0.781. The summed E-state index contributed by atoms with van der Waals surface area (Å²) < 4.78 is 23.1. The number of hydrogen-bond donors (Lipinski definition) is 0. The minimum atomic E-state index is -3.06. The molecule has 72 valence electrons. The number of benzene rings is 1. The van der Waals surface area contributed by atoms with E-state index in [4.69, 9.17) is 0 Å². The minimum absolute atomic E-state index is 0.147. The van der Waals surface area contributed by atoms with E-state index >= 15 is 0 Å². The summed E-state index contributed by atoms with van der Waals surface area (Å²) in [6.07, 6.45) is 0. The molecular weight excluding hydrogens is 193 g/mol. The molecule has 0 N–H and O–H groups in total. The van der Waals surface area contributed by atoms with Crippen molar-refractivity contribution in [1.82, 2.24) is 0 Å². The molecule has 1 aromatic carbocycles. The standard InChI is InChI=1S/C9H12NO2S.Li/c1-10(2)8-4-6-9(7-5-8)13(3,11)12;/h4-7H,3H2,1-2H3;. The van der Waals surface area contributed by atoms with Gasteiger partial charge in [0.1, 0.15) is 0 Å². The predicted molar refractivity (Wildman–Crippen MR) is 58.6 cm³/mol. The number of hydrogen-bond acceptors (Lipinski definition) is 3. The molecule has 0 bridgehead atoms. The molecule has 0 saturated carbocycles. The van der Waals surface area contributed by atoms with Gasteiger partial charge in [0.15, 0.2) is 0 Å². The number of anilines is 1. The van der Waals surface area contributed by atoms with Crippen LogP contribution in [0.3, 0.4) is 0 Å². The molecule has 0 unspecified atom stereocenters. The molecule has 0 aliphatic heterocycles. The Morgan fingerprint density at radius 3 is 2.07 bits per heavy atom. The molecule has 0 aliphatic rings. The van der Waals surface area contributed by atoms with E-state index in [9.17, 15) is 8.42 Å². The van der Waals surface area contributed by atoms with Crippen molar-refractivity contribution in [3.05, 3.63) is 24.3 Å². The van der Waals surface area contributed by atoms with Crippen molar-refractivity contribution in [1.29, 1.82) is 0 Å². The van der Waals surface area contributed by atoms with Crippen LogP contribution in [0.25, 0.3) is 0 Å². The summed E-state index contributed by atoms with van der Waals surface area (Å²) in [6.45, 7) is 0. The molecule has 0 atom stereocenters. The van der Waals surface area contributed by atoms with E-state index in [0.29, 0.717) is 4.90 Å². The summed E-state index contributed by atoms with van der Waals surface area (Å²) in [4.78, 5) is 2.33. The fourth-order valence-corrected chi connectivity index (χ4v) is 2.00. The van der Waals surface area contributed by atoms with Crippen LogP contribution in [0.2, 0.25) is 0 Å². The molecule has 0 spiro atoms. The Kier molecular flexibility index (Phi) is 3.65. The van der Waals surface area contributed by atoms with E-state index in [2.05, 4.69) is 0 Å². The summed E-state index contributed by atoms with van der Waals surface area (Å²) in [5.41, 5.74) is 1.00. The Morgan fingerprint density at radius 2 is 1.71 bits per heavy atom. The molecule has 0 aromatic heterocycles. The predicted octanol–water partition coefficient (Wildman–Crippen LogP) is 0.652. The van der Waals surface area contributed by atoms with E-state index in [1.165, 1.54) is 0 Å². The molecule has 0 fully saturated rings. The monoisotopic (exact) mass is 205 g/mol. The van der Waals surface area contributed by atoms with Crippen LogP contribution in [0, 0.1) is 0 Å². The first kappa shape index (κ1) is 11.6. The molecule has 1 aromatic rings. The summed E-state index contributed by atoms with van der Waals surface area (Å²) >= 11 is 1.65. The van der Waals surface area contributed by atoms with Crippen LogP contribution in [-0.4, -0.2) is 44.7 Å². The molecule has 0 amide bonds.